The number of terminal acetylenes is 1. The molecule has 0 aromatic heterocycles. The van der Waals surface area contributed by atoms with Crippen molar-refractivity contribution in [1.29, 1.82) is 0 Å². The van der Waals surface area contributed by atoms with E-state index < -0.39 is 5.60 Å². The summed E-state index contributed by atoms with van der Waals surface area (Å²) in [6.45, 7) is 6.21. The average molecular weight is 213 g/mol. The minimum absolute atomic E-state index is 0.162. The number of thioether (sulfide) groups is 1. The largest absolute Gasteiger partial charge is 0.444 e. The van der Waals surface area contributed by atoms with Crippen molar-refractivity contribution in [2.75, 3.05) is 12.3 Å². The van der Waals surface area contributed by atoms with Gasteiger partial charge in [0.1, 0.15) is 11.0 Å². The molecule has 78 valence electrons. The van der Waals surface area contributed by atoms with Crippen LogP contribution in [0, 0.1) is 12.3 Å². The summed E-state index contributed by atoms with van der Waals surface area (Å²) in [7, 11) is 0. The summed E-state index contributed by atoms with van der Waals surface area (Å²) in [4.78, 5) is 13.2. The van der Waals surface area contributed by atoms with Crippen molar-refractivity contribution < 1.29 is 9.53 Å². The quantitative estimate of drug-likeness (QED) is 0.576. The third-order valence-electron chi connectivity index (χ3n) is 1.66. The van der Waals surface area contributed by atoms with E-state index in [0.717, 1.165) is 5.75 Å². The van der Waals surface area contributed by atoms with E-state index in [0.29, 0.717) is 6.54 Å². The van der Waals surface area contributed by atoms with E-state index >= 15 is 0 Å². The second kappa shape index (κ2) is 4.14. The lowest BCUT2D eigenvalue weighted by Gasteiger charge is -2.25. The molecule has 0 aromatic rings. The first-order valence-corrected chi connectivity index (χ1v) is 5.56. The molecule has 0 saturated carbocycles. The number of hydrogen-bond donors (Lipinski definition) is 0. The van der Waals surface area contributed by atoms with Gasteiger partial charge in [-0.05, 0) is 20.8 Å². The normalized spacial score (nSPS) is 21.9. The molecule has 3 nitrogen and oxygen atoms in total. The zero-order valence-electron chi connectivity index (χ0n) is 8.74. The molecule has 4 heteroatoms. The Hall–Kier alpha value is -0.820. The molecule has 0 bridgehead atoms. The zero-order valence-corrected chi connectivity index (χ0v) is 9.56. The van der Waals surface area contributed by atoms with Gasteiger partial charge < -0.3 is 4.74 Å². The summed E-state index contributed by atoms with van der Waals surface area (Å²) < 4.78 is 5.23. The molecule has 1 saturated heterocycles. The Morgan fingerprint density at radius 1 is 1.64 bits per heavy atom. The third-order valence-corrected chi connectivity index (χ3v) is 2.79. The molecule has 1 aliphatic rings. The molecule has 0 spiro atoms. The number of hydrogen-bond acceptors (Lipinski definition) is 3. The third kappa shape index (κ3) is 2.85. The molecular formula is C10H15NO2S. The van der Waals surface area contributed by atoms with E-state index in [1.54, 1.807) is 16.7 Å². The van der Waals surface area contributed by atoms with Gasteiger partial charge in [-0.3, -0.25) is 4.90 Å². The monoisotopic (exact) mass is 213 g/mol. The Bertz CT molecular complexity index is 264. The smallest absolute Gasteiger partial charge is 0.412 e. The van der Waals surface area contributed by atoms with Crippen LogP contribution in [0.25, 0.3) is 0 Å². The number of amides is 1. The van der Waals surface area contributed by atoms with Crippen LogP contribution in [0.3, 0.4) is 0 Å². The molecule has 0 aliphatic carbocycles. The molecule has 1 heterocycles. The molecule has 0 radical (unpaired) electrons. The fourth-order valence-corrected chi connectivity index (χ4v) is 2.11. The maximum absolute atomic E-state index is 11.6. The number of carbonyl (C=O) groups is 1. The first-order valence-electron chi connectivity index (χ1n) is 4.51. The highest BCUT2D eigenvalue weighted by atomic mass is 32.2. The van der Waals surface area contributed by atoms with Crippen LogP contribution in [0.15, 0.2) is 0 Å². The van der Waals surface area contributed by atoms with Gasteiger partial charge >= 0.3 is 6.09 Å². The molecule has 1 rings (SSSR count). The maximum Gasteiger partial charge on any atom is 0.412 e. The number of carbonyl (C=O) groups excluding carboxylic acids is 1. The second-order valence-corrected chi connectivity index (χ2v) is 5.25. The zero-order chi connectivity index (χ0) is 10.8. The Morgan fingerprint density at radius 2 is 2.29 bits per heavy atom. The molecule has 1 unspecified atom stereocenters. The first-order chi connectivity index (χ1) is 6.44. The van der Waals surface area contributed by atoms with E-state index in [1.807, 2.05) is 20.8 Å². The molecule has 1 aliphatic heterocycles. The van der Waals surface area contributed by atoms with Gasteiger partial charge in [0.2, 0.25) is 0 Å². The lowest BCUT2D eigenvalue weighted by Crippen LogP contribution is -2.38. The van der Waals surface area contributed by atoms with Crippen molar-refractivity contribution in [2.45, 2.75) is 31.7 Å². The van der Waals surface area contributed by atoms with Crippen molar-refractivity contribution in [3.8, 4) is 12.3 Å². The minimum atomic E-state index is -0.455. The minimum Gasteiger partial charge on any atom is -0.444 e. The highest BCUT2D eigenvalue weighted by Gasteiger charge is 2.31. The van der Waals surface area contributed by atoms with E-state index in [9.17, 15) is 4.79 Å². The van der Waals surface area contributed by atoms with Gasteiger partial charge in [-0.2, -0.15) is 0 Å². The van der Waals surface area contributed by atoms with Crippen LogP contribution in [0.4, 0.5) is 4.79 Å². The summed E-state index contributed by atoms with van der Waals surface area (Å²) >= 11 is 1.59. The van der Waals surface area contributed by atoms with Crippen LogP contribution in [0.1, 0.15) is 20.8 Å². The van der Waals surface area contributed by atoms with Crippen molar-refractivity contribution in [1.82, 2.24) is 4.90 Å². The summed E-state index contributed by atoms with van der Waals surface area (Å²) in [5.74, 6) is 3.45. The molecule has 0 aromatic carbocycles. The number of ether oxygens (including phenoxy) is 1. The maximum atomic E-state index is 11.6. The van der Waals surface area contributed by atoms with Crippen molar-refractivity contribution in [3.63, 3.8) is 0 Å². The Kier molecular flexibility index (Phi) is 3.33. The molecule has 1 atom stereocenters. The topological polar surface area (TPSA) is 29.5 Å². The lowest BCUT2D eigenvalue weighted by atomic mass is 10.2. The fraction of sp³-hybridized carbons (Fsp3) is 0.700. The average Bonchev–Trinajstić information content (AvgIpc) is 2.47. The molecule has 1 fully saturated rings. The van der Waals surface area contributed by atoms with Gasteiger partial charge in [-0.25, -0.2) is 4.79 Å². The van der Waals surface area contributed by atoms with Gasteiger partial charge in [0.05, 0.1) is 0 Å². The lowest BCUT2D eigenvalue weighted by molar-refractivity contribution is 0.0281. The number of nitrogens with zero attached hydrogens (tertiary/aromatic N) is 1. The van der Waals surface area contributed by atoms with E-state index in [2.05, 4.69) is 5.92 Å². The van der Waals surface area contributed by atoms with Gasteiger partial charge in [0.25, 0.3) is 0 Å². The molecular weight excluding hydrogens is 198 g/mol. The van der Waals surface area contributed by atoms with Crippen molar-refractivity contribution in [2.24, 2.45) is 0 Å². The first kappa shape index (κ1) is 11.3. The van der Waals surface area contributed by atoms with Gasteiger partial charge in [0, 0.05) is 12.3 Å². The van der Waals surface area contributed by atoms with Gasteiger partial charge in [0.15, 0.2) is 0 Å². The van der Waals surface area contributed by atoms with Crippen molar-refractivity contribution >= 4 is 17.9 Å². The predicted octanol–water partition coefficient (Wildman–Crippen LogP) is 1.93. The Balaban J connectivity index is 2.57. The highest BCUT2D eigenvalue weighted by molar-refractivity contribution is 8.00. The van der Waals surface area contributed by atoms with Gasteiger partial charge in [-0.15, -0.1) is 18.2 Å². The Morgan fingerprint density at radius 3 is 2.79 bits per heavy atom. The summed E-state index contributed by atoms with van der Waals surface area (Å²) in [6, 6.07) is 0. The van der Waals surface area contributed by atoms with Crippen LogP contribution in [0.5, 0.6) is 0 Å². The van der Waals surface area contributed by atoms with E-state index in [4.69, 9.17) is 11.2 Å². The summed E-state index contributed by atoms with van der Waals surface area (Å²) in [5.41, 5.74) is -0.455. The fourth-order valence-electron chi connectivity index (χ4n) is 1.12. The molecule has 14 heavy (non-hydrogen) atoms. The second-order valence-electron chi connectivity index (χ2n) is 4.06. The summed E-state index contributed by atoms with van der Waals surface area (Å²) in [6.07, 6.45) is 4.99. The Labute approximate surface area is 89.2 Å². The van der Waals surface area contributed by atoms with Crippen LogP contribution in [-0.4, -0.2) is 34.3 Å². The van der Waals surface area contributed by atoms with Crippen LogP contribution in [-0.2, 0) is 4.74 Å². The predicted molar refractivity (Wildman–Crippen MR) is 58.0 cm³/mol. The SMILES string of the molecule is C#CC1SCCN1C(=O)OC(C)(C)C. The van der Waals surface area contributed by atoms with E-state index in [1.165, 1.54) is 0 Å². The van der Waals surface area contributed by atoms with Crippen LogP contribution >= 0.6 is 11.8 Å². The van der Waals surface area contributed by atoms with E-state index in [-0.39, 0.29) is 11.5 Å². The molecule has 0 N–H and O–H groups in total. The van der Waals surface area contributed by atoms with Gasteiger partial charge in [-0.1, -0.05) is 5.92 Å². The van der Waals surface area contributed by atoms with Crippen LogP contribution < -0.4 is 0 Å². The van der Waals surface area contributed by atoms with Crippen LogP contribution in [0.2, 0.25) is 0 Å². The number of rotatable bonds is 0. The highest BCUT2D eigenvalue weighted by Crippen LogP contribution is 2.24. The van der Waals surface area contributed by atoms with Crippen molar-refractivity contribution in [3.05, 3.63) is 0 Å². The summed E-state index contributed by atoms with van der Waals surface area (Å²) in [5, 5.41) is -0.162. The standard InChI is InChI=1S/C10H15NO2S/c1-5-8-11(6-7-14-8)9(12)13-10(2,3)4/h1,8H,6-7H2,2-4H3. The molecule has 1 amide bonds.